The number of rotatable bonds is 4. The first-order chi connectivity index (χ1) is 12.8. The number of phenols is 2. The molecule has 0 bridgehead atoms. The van der Waals surface area contributed by atoms with E-state index >= 15 is 0 Å². The number of hydrogen-bond donors (Lipinski definition) is 3. The normalized spacial score (nSPS) is 32.1. The molecule has 0 saturated heterocycles. The van der Waals surface area contributed by atoms with Crippen molar-refractivity contribution in [3.05, 3.63) is 17.2 Å². The summed E-state index contributed by atoms with van der Waals surface area (Å²) < 4.78 is 29.6. The highest BCUT2D eigenvalue weighted by Crippen LogP contribution is 2.62. The molecule has 0 aliphatic heterocycles. The molecule has 4 atom stereocenters. The van der Waals surface area contributed by atoms with Crippen LogP contribution in [0, 0.1) is 17.3 Å². The van der Waals surface area contributed by atoms with Gasteiger partial charge in [0.15, 0.2) is 11.5 Å². The predicted octanol–water partition coefficient (Wildman–Crippen LogP) is 2.71. The molecule has 27 heavy (non-hydrogen) atoms. The van der Waals surface area contributed by atoms with E-state index < -0.39 is 16.1 Å². The number of fused-ring (bicyclic) bond motifs is 5. The average molecular weight is 395 g/mol. The number of carbonyl (C=O) groups excluding carboxylic acids is 1. The maximum atomic E-state index is 11.7. The molecule has 1 amide bonds. The van der Waals surface area contributed by atoms with Gasteiger partial charge in [0.2, 0.25) is 12.2 Å². The highest BCUT2D eigenvalue weighted by molar-refractivity contribution is 7.85. The summed E-state index contributed by atoms with van der Waals surface area (Å²) in [7, 11) is -4.38. The number of hydrogen-bond acceptors (Lipinski definition) is 6. The summed E-state index contributed by atoms with van der Waals surface area (Å²) in [5, 5.41) is 21.0. The number of amides is 1. The van der Waals surface area contributed by atoms with Gasteiger partial charge in [-0.25, -0.2) is 4.72 Å². The van der Waals surface area contributed by atoms with E-state index in [0.29, 0.717) is 23.7 Å². The van der Waals surface area contributed by atoms with Gasteiger partial charge in [-0.3, -0.25) is 4.79 Å². The number of phenolic OH excluding ortho intramolecular Hbond substituents is 2. The molecule has 0 aromatic heterocycles. The van der Waals surface area contributed by atoms with Gasteiger partial charge >= 0.3 is 10.3 Å². The Morgan fingerprint density at radius 1 is 1.22 bits per heavy atom. The topological polar surface area (TPSA) is 113 Å². The monoisotopic (exact) mass is 395 g/mol. The van der Waals surface area contributed by atoms with Gasteiger partial charge in [-0.1, -0.05) is 13.3 Å². The second-order valence-corrected chi connectivity index (χ2v) is 9.73. The molecule has 2 fully saturated rings. The van der Waals surface area contributed by atoms with Gasteiger partial charge in [0.05, 0.1) is 0 Å². The molecule has 2 saturated carbocycles. The van der Waals surface area contributed by atoms with Crippen LogP contribution in [-0.4, -0.2) is 25.0 Å². The lowest BCUT2D eigenvalue weighted by Gasteiger charge is -2.49. The molecule has 4 rings (SSSR count). The first-order valence-electron chi connectivity index (χ1n) is 9.49. The molecule has 3 aliphatic carbocycles. The third-order valence-corrected chi connectivity index (χ3v) is 7.88. The number of nitrogens with one attached hydrogen (secondary N) is 1. The molecule has 8 heteroatoms. The molecule has 0 spiro atoms. The van der Waals surface area contributed by atoms with Gasteiger partial charge in [0.25, 0.3) is 0 Å². The quantitative estimate of drug-likeness (QED) is 0.534. The molecular formula is C19H25NO6S. The van der Waals surface area contributed by atoms with Crippen molar-refractivity contribution in [1.82, 2.24) is 4.72 Å². The van der Waals surface area contributed by atoms with E-state index in [1.54, 1.807) is 4.72 Å². The Morgan fingerprint density at radius 2 is 2.00 bits per heavy atom. The Bertz CT molecular complexity index is 883. The SMILES string of the molecule is C[C@@]12CCCC1C1CCc3cc(OS(=O)(=O)NC=O)c(O)c(O)c3C1CC2. The van der Waals surface area contributed by atoms with Crippen molar-refractivity contribution in [3.8, 4) is 17.2 Å². The van der Waals surface area contributed by atoms with Crippen molar-refractivity contribution in [2.75, 3.05) is 0 Å². The molecule has 1 aromatic carbocycles. The third-order valence-electron chi connectivity index (χ3n) is 7.09. The fourth-order valence-electron chi connectivity index (χ4n) is 5.95. The number of benzene rings is 1. The smallest absolute Gasteiger partial charge is 0.409 e. The molecule has 148 valence electrons. The van der Waals surface area contributed by atoms with Crippen molar-refractivity contribution in [3.63, 3.8) is 0 Å². The van der Waals surface area contributed by atoms with Crippen LogP contribution in [0.1, 0.15) is 62.5 Å². The molecular weight excluding hydrogens is 370 g/mol. The third kappa shape index (κ3) is 2.94. The van der Waals surface area contributed by atoms with E-state index in [1.165, 1.54) is 25.3 Å². The van der Waals surface area contributed by atoms with Crippen LogP contribution in [0.4, 0.5) is 0 Å². The molecule has 0 heterocycles. The lowest BCUT2D eigenvalue weighted by atomic mass is 9.56. The molecule has 7 nitrogen and oxygen atoms in total. The lowest BCUT2D eigenvalue weighted by Crippen LogP contribution is -2.39. The van der Waals surface area contributed by atoms with Gasteiger partial charge in [-0.15, -0.1) is 0 Å². The second kappa shape index (κ2) is 6.29. The minimum Gasteiger partial charge on any atom is -0.504 e. The fourth-order valence-corrected chi connectivity index (χ4v) is 6.48. The Morgan fingerprint density at radius 3 is 2.74 bits per heavy atom. The van der Waals surface area contributed by atoms with Gasteiger partial charge in [-0.05, 0) is 73.3 Å². The van der Waals surface area contributed by atoms with E-state index in [2.05, 4.69) is 6.92 Å². The van der Waals surface area contributed by atoms with E-state index in [4.69, 9.17) is 4.18 Å². The van der Waals surface area contributed by atoms with Crippen molar-refractivity contribution >= 4 is 16.7 Å². The lowest BCUT2D eigenvalue weighted by molar-refractivity contribution is -0.108. The van der Waals surface area contributed by atoms with Crippen LogP contribution in [0.3, 0.4) is 0 Å². The van der Waals surface area contributed by atoms with Crippen LogP contribution < -0.4 is 8.91 Å². The van der Waals surface area contributed by atoms with E-state index in [9.17, 15) is 23.4 Å². The van der Waals surface area contributed by atoms with Crippen molar-refractivity contribution in [1.29, 1.82) is 0 Å². The Balaban J connectivity index is 1.71. The van der Waals surface area contributed by atoms with Crippen molar-refractivity contribution < 1.29 is 27.6 Å². The van der Waals surface area contributed by atoms with Crippen LogP contribution >= 0.6 is 0 Å². The summed E-state index contributed by atoms with van der Waals surface area (Å²) in [6, 6.07) is 1.48. The van der Waals surface area contributed by atoms with Crippen LogP contribution in [-0.2, 0) is 21.5 Å². The minimum atomic E-state index is -4.38. The van der Waals surface area contributed by atoms with Crippen LogP contribution in [0.25, 0.3) is 0 Å². The van der Waals surface area contributed by atoms with Crippen molar-refractivity contribution in [2.45, 2.75) is 57.8 Å². The van der Waals surface area contributed by atoms with Crippen LogP contribution in [0.2, 0.25) is 0 Å². The molecule has 3 aliphatic rings. The zero-order valence-corrected chi connectivity index (χ0v) is 16.1. The molecule has 1 aromatic rings. The van der Waals surface area contributed by atoms with Crippen molar-refractivity contribution in [2.24, 2.45) is 17.3 Å². The highest BCUT2D eigenvalue weighted by atomic mass is 32.2. The van der Waals surface area contributed by atoms with Gasteiger partial charge in [0, 0.05) is 5.56 Å². The maximum Gasteiger partial charge on any atom is 0.409 e. The van der Waals surface area contributed by atoms with Gasteiger partial charge in [-0.2, -0.15) is 8.42 Å². The number of aromatic hydroxyl groups is 2. The molecule has 3 unspecified atom stereocenters. The number of carbonyl (C=O) groups is 1. The first-order valence-corrected chi connectivity index (χ1v) is 10.9. The van der Waals surface area contributed by atoms with Crippen LogP contribution in [0.15, 0.2) is 6.07 Å². The predicted molar refractivity (Wildman–Crippen MR) is 97.8 cm³/mol. The first kappa shape index (κ1) is 18.4. The zero-order valence-electron chi connectivity index (χ0n) is 15.3. The summed E-state index contributed by atoms with van der Waals surface area (Å²) in [4.78, 5) is 10.4. The fraction of sp³-hybridized carbons (Fsp3) is 0.632. The van der Waals surface area contributed by atoms with Gasteiger partial charge in [0.1, 0.15) is 0 Å². The van der Waals surface area contributed by atoms with Crippen LogP contribution in [0.5, 0.6) is 17.2 Å². The highest BCUT2D eigenvalue weighted by Gasteiger charge is 2.51. The molecule has 3 N–H and O–H groups in total. The van der Waals surface area contributed by atoms with E-state index in [1.807, 2.05) is 0 Å². The Kier molecular flexibility index (Phi) is 4.29. The number of aryl methyl sites for hydroxylation is 1. The average Bonchev–Trinajstić information content (AvgIpc) is 3.00. The van der Waals surface area contributed by atoms with E-state index in [-0.39, 0.29) is 23.8 Å². The standard InChI is InChI=1S/C19H25NO6S/c1-19-7-2-3-14(19)12-5-4-11-9-15(26-27(24,25)20-10-21)17(22)18(23)16(11)13(12)6-8-19/h9-10,12-14,22-23H,2-8H2,1H3,(H,20,21)/t12?,13?,14?,19-/m0/s1. The zero-order chi connectivity index (χ0) is 19.4. The Hall–Kier alpha value is -1.96. The second-order valence-electron chi connectivity index (χ2n) is 8.42. The van der Waals surface area contributed by atoms with E-state index in [0.717, 1.165) is 30.4 Å². The summed E-state index contributed by atoms with van der Waals surface area (Å²) in [6.45, 7) is 2.38. The summed E-state index contributed by atoms with van der Waals surface area (Å²) in [5.74, 6) is 0.0519. The summed E-state index contributed by atoms with van der Waals surface area (Å²) >= 11 is 0. The minimum absolute atomic E-state index is 0.0180. The maximum absolute atomic E-state index is 11.7. The largest absolute Gasteiger partial charge is 0.504 e. The van der Waals surface area contributed by atoms with Gasteiger partial charge < -0.3 is 14.4 Å². The Labute approximate surface area is 159 Å². The summed E-state index contributed by atoms with van der Waals surface area (Å²) in [6.07, 6.45) is 7.47. The molecule has 0 radical (unpaired) electrons. The summed E-state index contributed by atoms with van der Waals surface area (Å²) in [5.41, 5.74) is 1.93.